The van der Waals surface area contributed by atoms with Crippen molar-refractivity contribution in [1.29, 1.82) is 0 Å². The zero-order chi connectivity index (χ0) is 22.8. The van der Waals surface area contributed by atoms with Crippen molar-refractivity contribution in [2.75, 3.05) is 0 Å². The van der Waals surface area contributed by atoms with Gasteiger partial charge in [-0.3, -0.25) is 19.2 Å². The molecule has 0 radical (unpaired) electrons. The molecular formula is C24H30O8. The van der Waals surface area contributed by atoms with E-state index in [-0.39, 0.29) is 11.6 Å². The summed E-state index contributed by atoms with van der Waals surface area (Å²) in [6.07, 6.45) is 5.82. The second kappa shape index (κ2) is 9.63. The molecule has 4 rings (SSSR count). The number of cyclic esters (lactones) is 2. The Morgan fingerprint density at radius 2 is 0.875 bits per heavy atom. The fourth-order valence-corrected chi connectivity index (χ4v) is 5.93. The van der Waals surface area contributed by atoms with Gasteiger partial charge in [0.25, 0.3) is 0 Å². The zero-order valence-electron chi connectivity index (χ0n) is 18.2. The third kappa shape index (κ3) is 4.28. The van der Waals surface area contributed by atoms with Gasteiger partial charge in [-0.2, -0.15) is 0 Å². The molecule has 6 unspecified atom stereocenters. The molecule has 0 bridgehead atoms. The van der Waals surface area contributed by atoms with Crippen molar-refractivity contribution in [2.24, 2.45) is 23.7 Å². The lowest BCUT2D eigenvalue weighted by atomic mass is 9.71. The van der Waals surface area contributed by atoms with Crippen LogP contribution in [-0.2, 0) is 38.2 Å². The topological polar surface area (TPSA) is 121 Å². The fraction of sp³-hybridized carbons (Fsp3) is 0.750. The number of hydrogen-bond donors (Lipinski definition) is 0. The Labute approximate surface area is 186 Å². The van der Waals surface area contributed by atoms with Crippen molar-refractivity contribution in [3.05, 3.63) is 0 Å². The van der Waals surface area contributed by atoms with Gasteiger partial charge in [0, 0.05) is 24.7 Å². The molecule has 0 aromatic rings. The van der Waals surface area contributed by atoms with Gasteiger partial charge in [-0.05, 0) is 25.7 Å². The van der Waals surface area contributed by atoms with Gasteiger partial charge < -0.3 is 9.47 Å². The van der Waals surface area contributed by atoms with Gasteiger partial charge in [0.05, 0.1) is 11.8 Å². The Kier molecular flexibility index (Phi) is 6.86. The summed E-state index contributed by atoms with van der Waals surface area (Å²) in [6.45, 7) is 0. The van der Waals surface area contributed by atoms with Gasteiger partial charge in [-0.1, -0.05) is 38.5 Å². The molecule has 0 aromatic carbocycles. The van der Waals surface area contributed by atoms with Crippen molar-refractivity contribution < 1.29 is 38.2 Å². The Bertz CT molecular complexity index is 762. The molecule has 0 aromatic heterocycles. The molecule has 2 heterocycles. The first-order chi connectivity index (χ1) is 15.4. The van der Waals surface area contributed by atoms with Crippen molar-refractivity contribution in [3.8, 4) is 0 Å². The first-order valence-electron chi connectivity index (χ1n) is 11.9. The Morgan fingerprint density at radius 1 is 0.500 bits per heavy atom. The molecule has 0 N–H and O–H groups in total. The highest BCUT2D eigenvalue weighted by Gasteiger charge is 2.61. The number of rotatable bonds is 3. The number of ether oxygens (including phenoxy) is 2. The van der Waals surface area contributed by atoms with Gasteiger partial charge in [0.1, 0.15) is 11.6 Å². The molecule has 2 saturated carbocycles. The van der Waals surface area contributed by atoms with E-state index in [1.54, 1.807) is 0 Å². The van der Waals surface area contributed by atoms with E-state index >= 15 is 0 Å². The van der Waals surface area contributed by atoms with Crippen molar-refractivity contribution in [3.63, 3.8) is 0 Å². The Balaban J connectivity index is 1.66. The summed E-state index contributed by atoms with van der Waals surface area (Å²) >= 11 is 0. The highest BCUT2D eigenvalue weighted by molar-refractivity contribution is 6.38. The van der Waals surface area contributed by atoms with E-state index in [0.717, 1.165) is 51.4 Å². The van der Waals surface area contributed by atoms with Gasteiger partial charge in [-0.25, -0.2) is 9.59 Å². The second-order valence-electron chi connectivity index (χ2n) is 9.57. The number of hydrogen-bond acceptors (Lipinski definition) is 8. The minimum absolute atomic E-state index is 0.0967. The van der Waals surface area contributed by atoms with Crippen LogP contribution in [0.4, 0.5) is 0 Å². The van der Waals surface area contributed by atoms with Crippen LogP contribution in [0.3, 0.4) is 0 Å². The summed E-state index contributed by atoms with van der Waals surface area (Å²) in [5, 5.41) is 0. The normalized spacial score (nSPS) is 37.4. The Hall–Kier alpha value is -2.38. The molecule has 6 atom stereocenters. The van der Waals surface area contributed by atoms with Crippen LogP contribution >= 0.6 is 0 Å². The third-order valence-corrected chi connectivity index (χ3v) is 7.60. The summed E-state index contributed by atoms with van der Waals surface area (Å²) in [5.74, 6) is -7.49. The standard InChI is InChI=1S/C24H30O8/c25-15-11-7-3-1-5-9-13(15)17-19(27)23(29)31-21(17)22-18(20(28)24(30)32-22)14-10-6-2-4-8-12-16(14)26/h13-14,17-18,21-22H,1-12H2. The zero-order valence-corrected chi connectivity index (χ0v) is 18.2. The van der Waals surface area contributed by atoms with Crippen LogP contribution in [0.25, 0.3) is 0 Å². The monoisotopic (exact) mass is 446 g/mol. The van der Waals surface area contributed by atoms with E-state index in [1.165, 1.54) is 0 Å². The van der Waals surface area contributed by atoms with E-state index in [2.05, 4.69) is 0 Å². The summed E-state index contributed by atoms with van der Waals surface area (Å²) in [6, 6.07) is 0. The van der Waals surface area contributed by atoms with Gasteiger partial charge in [0.2, 0.25) is 11.6 Å². The van der Waals surface area contributed by atoms with Gasteiger partial charge >= 0.3 is 11.9 Å². The molecule has 2 aliphatic heterocycles. The van der Waals surface area contributed by atoms with E-state index in [1.807, 2.05) is 0 Å². The van der Waals surface area contributed by atoms with Crippen molar-refractivity contribution >= 4 is 35.1 Å². The van der Waals surface area contributed by atoms with Gasteiger partial charge in [0.15, 0.2) is 12.2 Å². The van der Waals surface area contributed by atoms with Crippen LogP contribution in [0.2, 0.25) is 0 Å². The lowest BCUT2D eigenvalue weighted by Gasteiger charge is -2.32. The molecule has 0 amide bonds. The third-order valence-electron chi connectivity index (χ3n) is 7.60. The molecule has 0 spiro atoms. The first-order valence-corrected chi connectivity index (χ1v) is 11.9. The number of Topliss-reactive ketones (excluding diaryl/α,β-unsaturated/α-hetero) is 4. The maximum Gasteiger partial charge on any atom is 0.375 e. The van der Waals surface area contributed by atoms with Crippen LogP contribution in [0.5, 0.6) is 0 Å². The van der Waals surface area contributed by atoms with Crippen LogP contribution in [-0.4, -0.2) is 47.3 Å². The average Bonchev–Trinajstić information content (AvgIpc) is 3.19. The van der Waals surface area contributed by atoms with Crippen molar-refractivity contribution in [2.45, 2.75) is 89.3 Å². The van der Waals surface area contributed by atoms with Crippen LogP contribution in [0.15, 0.2) is 0 Å². The SMILES string of the molecule is O=C1OC(C2OC(=O)C(=O)C2C2CCCCCCC2=O)C(C2CCCCCCC2=O)C1=O. The first kappa shape index (κ1) is 22.8. The van der Waals surface area contributed by atoms with E-state index < -0.39 is 59.4 Å². The molecule has 8 heteroatoms. The maximum absolute atomic E-state index is 12.9. The van der Waals surface area contributed by atoms with E-state index in [4.69, 9.17) is 9.47 Å². The molecule has 8 nitrogen and oxygen atoms in total. The molecule has 32 heavy (non-hydrogen) atoms. The smallest absolute Gasteiger partial charge is 0.375 e. The summed E-state index contributed by atoms with van der Waals surface area (Å²) < 4.78 is 10.7. The maximum atomic E-state index is 12.9. The number of carbonyl (C=O) groups excluding carboxylic acids is 6. The van der Waals surface area contributed by atoms with Crippen molar-refractivity contribution in [1.82, 2.24) is 0 Å². The quantitative estimate of drug-likeness (QED) is 0.478. The molecule has 2 saturated heterocycles. The minimum Gasteiger partial charge on any atom is -0.452 e. The molecule has 174 valence electrons. The lowest BCUT2D eigenvalue weighted by molar-refractivity contribution is -0.159. The van der Waals surface area contributed by atoms with E-state index in [0.29, 0.717) is 25.7 Å². The fourth-order valence-electron chi connectivity index (χ4n) is 5.93. The lowest BCUT2D eigenvalue weighted by Crippen LogP contribution is -2.46. The molecule has 4 fully saturated rings. The van der Waals surface area contributed by atoms with E-state index in [9.17, 15) is 28.8 Å². The molecular weight excluding hydrogens is 416 g/mol. The largest absolute Gasteiger partial charge is 0.452 e. The van der Waals surface area contributed by atoms with Crippen LogP contribution in [0.1, 0.15) is 77.0 Å². The highest BCUT2D eigenvalue weighted by atomic mass is 16.6. The predicted molar refractivity (Wildman–Crippen MR) is 109 cm³/mol. The predicted octanol–water partition coefficient (Wildman–Crippen LogP) is 2.29. The van der Waals surface area contributed by atoms with Crippen LogP contribution < -0.4 is 0 Å². The minimum atomic E-state index is -1.21. The second-order valence-corrected chi connectivity index (χ2v) is 9.57. The average molecular weight is 446 g/mol. The number of carbonyl (C=O) groups is 6. The summed E-state index contributed by atoms with van der Waals surface area (Å²) in [5.41, 5.74) is 0. The Morgan fingerprint density at radius 3 is 1.28 bits per heavy atom. The van der Waals surface area contributed by atoms with Crippen LogP contribution in [0, 0.1) is 23.7 Å². The molecule has 2 aliphatic carbocycles. The van der Waals surface area contributed by atoms with Gasteiger partial charge in [-0.15, -0.1) is 0 Å². The highest BCUT2D eigenvalue weighted by Crippen LogP contribution is 2.42. The molecule has 4 aliphatic rings. The summed E-state index contributed by atoms with van der Waals surface area (Å²) in [4.78, 5) is 75.9. The number of ketones is 4. The summed E-state index contributed by atoms with van der Waals surface area (Å²) in [7, 11) is 0. The number of esters is 2.